The van der Waals surface area contributed by atoms with Crippen LogP contribution in [0.5, 0.6) is 5.88 Å². The number of urea groups is 1. The first-order valence-corrected chi connectivity index (χ1v) is 7.02. The SMILES string of the molecule is CCOc1ncccc1CNC(=O)NCc1ccccc1F. The highest BCUT2D eigenvalue weighted by molar-refractivity contribution is 5.73. The predicted molar refractivity (Wildman–Crippen MR) is 80.9 cm³/mol. The smallest absolute Gasteiger partial charge is 0.315 e. The number of halogens is 1. The molecule has 0 radical (unpaired) electrons. The third-order valence-electron chi connectivity index (χ3n) is 2.97. The van der Waals surface area contributed by atoms with Crippen molar-refractivity contribution in [1.82, 2.24) is 15.6 Å². The molecule has 22 heavy (non-hydrogen) atoms. The number of aromatic nitrogens is 1. The van der Waals surface area contributed by atoms with E-state index in [-0.39, 0.29) is 24.9 Å². The Morgan fingerprint density at radius 2 is 1.82 bits per heavy atom. The van der Waals surface area contributed by atoms with Gasteiger partial charge in [0, 0.05) is 30.4 Å². The van der Waals surface area contributed by atoms with E-state index >= 15 is 0 Å². The van der Waals surface area contributed by atoms with Crippen LogP contribution in [0.15, 0.2) is 42.6 Å². The Bertz CT molecular complexity index is 634. The van der Waals surface area contributed by atoms with Crippen molar-refractivity contribution in [1.29, 1.82) is 0 Å². The van der Waals surface area contributed by atoms with Crippen LogP contribution in [0.2, 0.25) is 0 Å². The van der Waals surface area contributed by atoms with Gasteiger partial charge in [-0.25, -0.2) is 14.2 Å². The first-order chi connectivity index (χ1) is 10.7. The van der Waals surface area contributed by atoms with Gasteiger partial charge in [-0.3, -0.25) is 0 Å². The minimum Gasteiger partial charge on any atom is -0.478 e. The maximum atomic E-state index is 13.4. The van der Waals surface area contributed by atoms with Crippen molar-refractivity contribution < 1.29 is 13.9 Å². The van der Waals surface area contributed by atoms with Crippen LogP contribution in [0.25, 0.3) is 0 Å². The molecule has 1 aromatic carbocycles. The standard InChI is InChI=1S/C16H18FN3O2/c1-2-22-15-13(7-5-9-18-15)11-20-16(21)19-10-12-6-3-4-8-14(12)17/h3-9H,2,10-11H2,1H3,(H2,19,20,21). The minimum atomic E-state index is -0.380. The molecule has 0 spiro atoms. The van der Waals surface area contributed by atoms with Crippen molar-refractivity contribution in [2.24, 2.45) is 0 Å². The highest BCUT2D eigenvalue weighted by Crippen LogP contribution is 2.13. The number of benzene rings is 1. The van der Waals surface area contributed by atoms with Crippen molar-refractivity contribution in [2.45, 2.75) is 20.0 Å². The summed E-state index contributed by atoms with van der Waals surface area (Å²) in [6, 6.07) is 9.54. The summed E-state index contributed by atoms with van der Waals surface area (Å²) < 4.78 is 18.8. The lowest BCUT2D eigenvalue weighted by Crippen LogP contribution is -2.34. The molecule has 6 heteroatoms. The minimum absolute atomic E-state index is 0.129. The molecule has 0 unspecified atom stereocenters. The normalized spacial score (nSPS) is 10.1. The van der Waals surface area contributed by atoms with E-state index in [1.54, 1.807) is 30.5 Å². The zero-order chi connectivity index (χ0) is 15.8. The summed E-state index contributed by atoms with van der Waals surface area (Å²) in [5.74, 6) is 0.160. The van der Waals surface area contributed by atoms with E-state index < -0.39 is 0 Å². The lowest BCUT2D eigenvalue weighted by Gasteiger charge is -2.11. The number of ether oxygens (including phenoxy) is 1. The van der Waals surface area contributed by atoms with Crippen LogP contribution in [-0.4, -0.2) is 17.6 Å². The third-order valence-corrected chi connectivity index (χ3v) is 2.97. The van der Waals surface area contributed by atoms with E-state index in [4.69, 9.17) is 4.74 Å². The number of rotatable bonds is 6. The number of hydrogen-bond donors (Lipinski definition) is 2. The van der Waals surface area contributed by atoms with Gasteiger partial charge in [-0.2, -0.15) is 0 Å². The molecule has 0 saturated heterocycles. The second kappa shape index (κ2) is 7.97. The van der Waals surface area contributed by atoms with Gasteiger partial charge < -0.3 is 15.4 Å². The molecular formula is C16H18FN3O2. The third kappa shape index (κ3) is 4.44. The first kappa shape index (κ1) is 15.8. The van der Waals surface area contributed by atoms with Crippen molar-refractivity contribution in [2.75, 3.05) is 6.61 Å². The summed E-state index contributed by atoms with van der Waals surface area (Å²) >= 11 is 0. The summed E-state index contributed by atoms with van der Waals surface area (Å²) in [5.41, 5.74) is 1.22. The second-order valence-electron chi connectivity index (χ2n) is 4.53. The summed E-state index contributed by atoms with van der Waals surface area (Å²) in [7, 11) is 0. The molecule has 0 fully saturated rings. The fraction of sp³-hybridized carbons (Fsp3) is 0.250. The summed E-state index contributed by atoms with van der Waals surface area (Å²) in [6.45, 7) is 2.78. The molecule has 1 heterocycles. The van der Waals surface area contributed by atoms with Crippen LogP contribution >= 0.6 is 0 Å². The van der Waals surface area contributed by atoms with Crippen LogP contribution in [0.4, 0.5) is 9.18 Å². The Morgan fingerprint density at radius 3 is 2.55 bits per heavy atom. The Kier molecular flexibility index (Phi) is 5.71. The number of hydrogen-bond acceptors (Lipinski definition) is 3. The predicted octanol–water partition coefficient (Wildman–Crippen LogP) is 2.62. The van der Waals surface area contributed by atoms with Crippen LogP contribution in [0.3, 0.4) is 0 Å². The maximum absolute atomic E-state index is 13.4. The van der Waals surface area contributed by atoms with Gasteiger partial charge in [0.25, 0.3) is 0 Å². The van der Waals surface area contributed by atoms with Gasteiger partial charge in [-0.1, -0.05) is 24.3 Å². The number of carbonyl (C=O) groups excluding carboxylic acids is 1. The van der Waals surface area contributed by atoms with E-state index in [0.29, 0.717) is 18.1 Å². The van der Waals surface area contributed by atoms with E-state index in [9.17, 15) is 9.18 Å². The second-order valence-corrected chi connectivity index (χ2v) is 4.53. The average molecular weight is 303 g/mol. The molecule has 2 amide bonds. The molecule has 0 aliphatic heterocycles. The van der Waals surface area contributed by atoms with Crippen molar-refractivity contribution in [3.05, 3.63) is 59.5 Å². The Hall–Kier alpha value is -2.63. The molecule has 5 nitrogen and oxygen atoms in total. The van der Waals surface area contributed by atoms with Gasteiger partial charge in [0.2, 0.25) is 5.88 Å². The van der Waals surface area contributed by atoms with Gasteiger partial charge in [0.15, 0.2) is 0 Å². The summed E-state index contributed by atoms with van der Waals surface area (Å²) in [4.78, 5) is 15.9. The number of nitrogens with one attached hydrogen (secondary N) is 2. The van der Waals surface area contributed by atoms with Crippen LogP contribution in [-0.2, 0) is 13.1 Å². The fourth-order valence-corrected chi connectivity index (χ4v) is 1.88. The van der Waals surface area contributed by atoms with Crippen LogP contribution < -0.4 is 15.4 Å². The zero-order valence-electron chi connectivity index (χ0n) is 12.3. The lowest BCUT2D eigenvalue weighted by atomic mass is 10.2. The average Bonchev–Trinajstić information content (AvgIpc) is 2.53. The van der Waals surface area contributed by atoms with E-state index in [2.05, 4.69) is 15.6 Å². The fourth-order valence-electron chi connectivity index (χ4n) is 1.88. The molecule has 0 saturated carbocycles. The van der Waals surface area contributed by atoms with Gasteiger partial charge in [-0.05, 0) is 19.1 Å². The number of nitrogens with zero attached hydrogens (tertiary/aromatic N) is 1. The van der Waals surface area contributed by atoms with Gasteiger partial charge in [-0.15, -0.1) is 0 Å². The number of pyridine rings is 1. The van der Waals surface area contributed by atoms with Gasteiger partial charge >= 0.3 is 6.03 Å². The maximum Gasteiger partial charge on any atom is 0.315 e. The Balaban J connectivity index is 1.84. The molecule has 2 N–H and O–H groups in total. The summed E-state index contributed by atoms with van der Waals surface area (Å²) in [5, 5.41) is 5.31. The Morgan fingerprint density at radius 1 is 1.14 bits per heavy atom. The van der Waals surface area contributed by atoms with Crippen LogP contribution in [0.1, 0.15) is 18.1 Å². The van der Waals surface area contributed by atoms with Crippen LogP contribution in [0, 0.1) is 5.82 Å². The largest absolute Gasteiger partial charge is 0.478 e. The number of carbonyl (C=O) groups is 1. The van der Waals surface area contributed by atoms with E-state index in [1.165, 1.54) is 6.07 Å². The molecule has 116 valence electrons. The first-order valence-electron chi connectivity index (χ1n) is 7.02. The molecular weight excluding hydrogens is 285 g/mol. The lowest BCUT2D eigenvalue weighted by molar-refractivity contribution is 0.239. The molecule has 0 aliphatic rings. The van der Waals surface area contributed by atoms with Crippen molar-refractivity contribution in [3.63, 3.8) is 0 Å². The van der Waals surface area contributed by atoms with Gasteiger partial charge in [0.05, 0.1) is 6.61 Å². The molecule has 1 aromatic heterocycles. The number of amides is 2. The molecule has 0 bridgehead atoms. The van der Waals surface area contributed by atoms with Crippen molar-refractivity contribution in [3.8, 4) is 5.88 Å². The topological polar surface area (TPSA) is 63.2 Å². The molecule has 2 rings (SSSR count). The Labute approximate surface area is 128 Å². The van der Waals surface area contributed by atoms with E-state index in [0.717, 1.165) is 5.56 Å². The van der Waals surface area contributed by atoms with Gasteiger partial charge in [0.1, 0.15) is 5.82 Å². The molecule has 2 aromatic rings. The highest BCUT2D eigenvalue weighted by Gasteiger charge is 2.07. The summed E-state index contributed by atoms with van der Waals surface area (Å²) in [6.07, 6.45) is 1.63. The zero-order valence-corrected chi connectivity index (χ0v) is 12.3. The molecule has 0 aliphatic carbocycles. The monoisotopic (exact) mass is 303 g/mol. The quantitative estimate of drug-likeness (QED) is 0.862. The van der Waals surface area contributed by atoms with E-state index in [1.807, 2.05) is 13.0 Å². The van der Waals surface area contributed by atoms with Crippen molar-refractivity contribution >= 4 is 6.03 Å². The molecule has 0 atom stereocenters. The highest BCUT2D eigenvalue weighted by atomic mass is 19.1.